The summed E-state index contributed by atoms with van der Waals surface area (Å²) in [6.07, 6.45) is 3.94. The molecule has 0 spiro atoms. The maximum absolute atomic E-state index is 5.56. The van der Waals surface area contributed by atoms with Gasteiger partial charge in [-0.25, -0.2) is 0 Å². The molecule has 0 amide bonds. The molecule has 0 aromatic heterocycles. The van der Waals surface area contributed by atoms with Crippen LogP contribution in [0.25, 0.3) is 0 Å². The van der Waals surface area contributed by atoms with E-state index in [4.69, 9.17) is 4.74 Å². The van der Waals surface area contributed by atoms with E-state index in [1.54, 1.807) is 0 Å². The van der Waals surface area contributed by atoms with Gasteiger partial charge in [-0.1, -0.05) is 20.8 Å². The van der Waals surface area contributed by atoms with Crippen LogP contribution in [-0.4, -0.2) is 18.5 Å². The van der Waals surface area contributed by atoms with Crippen molar-refractivity contribution in [3.63, 3.8) is 0 Å². The standard InChI is InChI=1S/C10H17NO/c1-8-5-6-9(11-8)12-7-10(2,3)4/h5-6,9H,7H2,1-4H3. The predicted octanol–water partition coefficient (Wildman–Crippen LogP) is 2.41. The van der Waals surface area contributed by atoms with Gasteiger partial charge in [0.15, 0.2) is 6.23 Å². The van der Waals surface area contributed by atoms with Crippen molar-refractivity contribution in [1.82, 2.24) is 0 Å². The molecule has 0 N–H and O–H groups in total. The van der Waals surface area contributed by atoms with Crippen molar-refractivity contribution in [2.24, 2.45) is 10.4 Å². The van der Waals surface area contributed by atoms with E-state index in [1.807, 2.05) is 19.1 Å². The third-order valence-corrected chi connectivity index (χ3v) is 1.52. The van der Waals surface area contributed by atoms with Crippen molar-refractivity contribution in [3.8, 4) is 0 Å². The highest BCUT2D eigenvalue weighted by Gasteiger charge is 2.14. The highest BCUT2D eigenvalue weighted by atomic mass is 16.5. The second-order valence-electron chi connectivity index (χ2n) is 4.39. The Balaban J connectivity index is 2.31. The first-order valence-electron chi connectivity index (χ1n) is 4.32. The first kappa shape index (κ1) is 9.46. The third-order valence-electron chi connectivity index (χ3n) is 1.52. The summed E-state index contributed by atoms with van der Waals surface area (Å²) >= 11 is 0. The molecule has 1 heterocycles. The summed E-state index contributed by atoms with van der Waals surface area (Å²) in [5.74, 6) is 0. The fourth-order valence-corrected chi connectivity index (χ4v) is 0.937. The Hall–Kier alpha value is -0.630. The van der Waals surface area contributed by atoms with Gasteiger partial charge in [0.05, 0.1) is 6.61 Å². The Bertz CT molecular complexity index is 210. The molecule has 1 aliphatic heterocycles. The second-order valence-corrected chi connectivity index (χ2v) is 4.39. The molecule has 0 fully saturated rings. The van der Waals surface area contributed by atoms with Gasteiger partial charge in [0.25, 0.3) is 0 Å². The summed E-state index contributed by atoms with van der Waals surface area (Å²) in [6.45, 7) is 9.20. The van der Waals surface area contributed by atoms with E-state index in [1.165, 1.54) is 0 Å². The molecule has 2 heteroatoms. The lowest BCUT2D eigenvalue weighted by Crippen LogP contribution is -2.18. The third kappa shape index (κ3) is 3.18. The number of hydrogen-bond acceptors (Lipinski definition) is 2. The number of ether oxygens (including phenoxy) is 1. The van der Waals surface area contributed by atoms with Crippen LogP contribution in [0.4, 0.5) is 0 Å². The molecular weight excluding hydrogens is 150 g/mol. The zero-order valence-electron chi connectivity index (χ0n) is 8.29. The summed E-state index contributed by atoms with van der Waals surface area (Å²) in [5.41, 5.74) is 1.27. The first-order valence-corrected chi connectivity index (χ1v) is 4.32. The number of hydrogen-bond donors (Lipinski definition) is 0. The highest BCUT2D eigenvalue weighted by Crippen LogP contribution is 2.16. The molecule has 0 saturated carbocycles. The van der Waals surface area contributed by atoms with Crippen LogP contribution in [0, 0.1) is 5.41 Å². The summed E-state index contributed by atoms with van der Waals surface area (Å²) in [4.78, 5) is 4.27. The number of allylic oxidation sites excluding steroid dienone is 1. The van der Waals surface area contributed by atoms with E-state index < -0.39 is 0 Å². The van der Waals surface area contributed by atoms with Crippen LogP contribution in [0.2, 0.25) is 0 Å². The van der Waals surface area contributed by atoms with Gasteiger partial charge in [-0.3, -0.25) is 4.99 Å². The number of nitrogens with zero attached hydrogens (tertiary/aromatic N) is 1. The summed E-state index contributed by atoms with van der Waals surface area (Å²) < 4.78 is 5.56. The minimum atomic E-state index is -0.0378. The van der Waals surface area contributed by atoms with Crippen LogP contribution < -0.4 is 0 Å². The molecule has 0 aliphatic carbocycles. The van der Waals surface area contributed by atoms with Crippen LogP contribution in [-0.2, 0) is 4.74 Å². The van der Waals surface area contributed by atoms with Crippen LogP contribution in [0.1, 0.15) is 27.7 Å². The van der Waals surface area contributed by atoms with E-state index in [-0.39, 0.29) is 11.6 Å². The Morgan fingerprint density at radius 2 is 2.17 bits per heavy atom. The van der Waals surface area contributed by atoms with Gasteiger partial charge in [0.2, 0.25) is 0 Å². The monoisotopic (exact) mass is 167 g/mol. The lowest BCUT2D eigenvalue weighted by atomic mass is 9.99. The molecule has 1 rings (SSSR count). The van der Waals surface area contributed by atoms with Crippen LogP contribution in [0.5, 0.6) is 0 Å². The zero-order chi connectivity index (χ0) is 9.19. The minimum Gasteiger partial charge on any atom is -0.352 e. The Labute approximate surface area is 74.3 Å². The molecule has 1 aliphatic rings. The van der Waals surface area contributed by atoms with Gasteiger partial charge in [-0.05, 0) is 24.5 Å². The maximum Gasteiger partial charge on any atom is 0.167 e. The molecule has 1 unspecified atom stereocenters. The zero-order valence-corrected chi connectivity index (χ0v) is 8.29. The summed E-state index contributed by atoms with van der Waals surface area (Å²) in [6, 6.07) is 0. The fourth-order valence-electron chi connectivity index (χ4n) is 0.937. The van der Waals surface area contributed by atoms with Crippen molar-refractivity contribution in [3.05, 3.63) is 12.2 Å². The van der Waals surface area contributed by atoms with Crippen molar-refractivity contribution in [2.45, 2.75) is 33.9 Å². The van der Waals surface area contributed by atoms with Crippen LogP contribution >= 0.6 is 0 Å². The van der Waals surface area contributed by atoms with Gasteiger partial charge in [-0.15, -0.1) is 0 Å². The second kappa shape index (κ2) is 3.40. The van der Waals surface area contributed by atoms with E-state index in [9.17, 15) is 0 Å². The molecule has 0 saturated heterocycles. The number of rotatable bonds is 2. The largest absolute Gasteiger partial charge is 0.352 e. The summed E-state index contributed by atoms with van der Waals surface area (Å²) in [5, 5.41) is 0. The highest BCUT2D eigenvalue weighted by molar-refractivity contribution is 5.94. The minimum absolute atomic E-state index is 0.0378. The molecule has 2 nitrogen and oxygen atoms in total. The Kier molecular flexibility index (Phi) is 2.68. The van der Waals surface area contributed by atoms with Crippen LogP contribution in [0.15, 0.2) is 17.1 Å². The van der Waals surface area contributed by atoms with Crippen molar-refractivity contribution in [2.75, 3.05) is 6.61 Å². The Morgan fingerprint density at radius 3 is 2.58 bits per heavy atom. The topological polar surface area (TPSA) is 21.6 Å². The van der Waals surface area contributed by atoms with Gasteiger partial charge in [-0.2, -0.15) is 0 Å². The summed E-state index contributed by atoms with van der Waals surface area (Å²) in [7, 11) is 0. The van der Waals surface area contributed by atoms with Gasteiger partial charge in [0.1, 0.15) is 0 Å². The lowest BCUT2D eigenvalue weighted by molar-refractivity contribution is 0.0394. The molecular formula is C10H17NO. The molecule has 0 bridgehead atoms. The van der Waals surface area contributed by atoms with Gasteiger partial charge in [0, 0.05) is 5.71 Å². The SMILES string of the molecule is CC1=NC(OCC(C)(C)C)C=C1. The van der Waals surface area contributed by atoms with Crippen molar-refractivity contribution < 1.29 is 4.74 Å². The number of aliphatic imine (C=N–C) groups is 1. The lowest BCUT2D eigenvalue weighted by Gasteiger charge is -2.19. The maximum atomic E-state index is 5.56. The van der Waals surface area contributed by atoms with Crippen molar-refractivity contribution >= 4 is 5.71 Å². The Morgan fingerprint density at radius 1 is 1.50 bits per heavy atom. The van der Waals surface area contributed by atoms with E-state index in [0.717, 1.165) is 12.3 Å². The quantitative estimate of drug-likeness (QED) is 0.619. The molecule has 0 aromatic carbocycles. The molecule has 68 valence electrons. The van der Waals surface area contributed by atoms with Gasteiger partial charge < -0.3 is 4.74 Å². The molecule has 0 aromatic rings. The van der Waals surface area contributed by atoms with Crippen molar-refractivity contribution in [1.29, 1.82) is 0 Å². The van der Waals surface area contributed by atoms with E-state index >= 15 is 0 Å². The van der Waals surface area contributed by atoms with Gasteiger partial charge >= 0.3 is 0 Å². The van der Waals surface area contributed by atoms with E-state index in [2.05, 4.69) is 25.8 Å². The van der Waals surface area contributed by atoms with E-state index in [0.29, 0.717) is 0 Å². The van der Waals surface area contributed by atoms with Crippen LogP contribution in [0.3, 0.4) is 0 Å². The average Bonchev–Trinajstić information content (AvgIpc) is 2.30. The molecule has 1 atom stereocenters. The smallest absolute Gasteiger partial charge is 0.167 e. The predicted molar refractivity (Wildman–Crippen MR) is 51.4 cm³/mol. The normalized spacial score (nSPS) is 23.0. The first-order chi connectivity index (χ1) is 5.47. The molecule has 12 heavy (non-hydrogen) atoms. The fraction of sp³-hybridized carbons (Fsp3) is 0.700. The average molecular weight is 167 g/mol. The molecule has 0 radical (unpaired) electrons.